The number of rotatable bonds is 2. The van der Waals surface area contributed by atoms with Gasteiger partial charge in [0.1, 0.15) is 6.04 Å². The van der Waals surface area contributed by atoms with Crippen LogP contribution in [0.4, 0.5) is 0 Å². The van der Waals surface area contributed by atoms with E-state index in [0.29, 0.717) is 0 Å². The number of hydrogen-bond acceptors (Lipinski definition) is 4. The molecular formula is C8H18ClN5O2. The lowest BCUT2D eigenvalue weighted by Crippen LogP contribution is -2.50. The van der Waals surface area contributed by atoms with Crippen molar-refractivity contribution in [2.75, 3.05) is 21.2 Å². The Labute approximate surface area is 101 Å². The van der Waals surface area contributed by atoms with Crippen molar-refractivity contribution in [1.29, 1.82) is 10.8 Å². The maximum atomic E-state index is 11.0. The van der Waals surface area contributed by atoms with Crippen LogP contribution < -0.4 is 10.6 Å². The molecule has 0 spiro atoms. The highest BCUT2D eigenvalue weighted by atomic mass is 35.5. The summed E-state index contributed by atoms with van der Waals surface area (Å²) in [4.78, 5) is 12.5. The molecule has 0 bridgehead atoms. The van der Waals surface area contributed by atoms with E-state index in [9.17, 15) is 4.79 Å². The molecule has 1 unspecified atom stereocenters. The number of ether oxygens (including phenoxy) is 1. The van der Waals surface area contributed by atoms with E-state index in [1.165, 1.54) is 12.0 Å². The van der Waals surface area contributed by atoms with Gasteiger partial charge >= 0.3 is 5.97 Å². The fourth-order valence-electron chi connectivity index (χ4n) is 0.718. The van der Waals surface area contributed by atoms with Crippen molar-refractivity contribution in [2.24, 2.45) is 0 Å². The minimum Gasteiger partial charge on any atom is -0.467 e. The second kappa shape index (κ2) is 7.75. The van der Waals surface area contributed by atoms with Gasteiger partial charge in [0.05, 0.1) is 7.11 Å². The molecule has 0 saturated heterocycles. The van der Waals surface area contributed by atoms with E-state index in [2.05, 4.69) is 15.4 Å². The minimum absolute atomic E-state index is 0. The first-order valence-electron chi connectivity index (χ1n) is 4.34. The lowest BCUT2D eigenvalue weighted by Gasteiger charge is -2.18. The highest BCUT2D eigenvalue weighted by Gasteiger charge is 2.14. The Morgan fingerprint density at radius 1 is 1.38 bits per heavy atom. The van der Waals surface area contributed by atoms with Crippen LogP contribution in [-0.2, 0) is 9.53 Å². The molecule has 0 aliphatic rings. The maximum Gasteiger partial charge on any atom is 0.328 e. The molecule has 0 fully saturated rings. The summed E-state index contributed by atoms with van der Waals surface area (Å²) in [5.74, 6) is -0.519. The molecule has 0 aromatic carbocycles. The average Bonchev–Trinajstić information content (AvgIpc) is 2.15. The van der Waals surface area contributed by atoms with E-state index in [1.807, 2.05) is 0 Å². The maximum absolute atomic E-state index is 11.0. The fourth-order valence-corrected chi connectivity index (χ4v) is 0.718. The lowest BCUT2D eigenvalue weighted by molar-refractivity contribution is -0.142. The number of carbonyl (C=O) groups is 1. The summed E-state index contributed by atoms with van der Waals surface area (Å²) in [7, 11) is 4.62. The number of nitrogens with zero attached hydrogens (tertiary/aromatic N) is 1. The first-order valence-corrected chi connectivity index (χ1v) is 4.34. The number of nitrogens with one attached hydrogen (secondary N) is 4. The molecule has 0 radical (unpaired) electrons. The summed E-state index contributed by atoms with van der Waals surface area (Å²) < 4.78 is 4.48. The van der Waals surface area contributed by atoms with E-state index in [-0.39, 0.29) is 24.3 Å². The Morgan fingerprint density at radius 3 is 2.25 bits per heavy atom. The molecule has 16 heavy (non-hydrogen) atoms. The summed E-state index contributed by atoms with van der Waals surface area (Å²) in [5, 5.41) is 19.8. The van der Waals surface area contributed by atoms with Gasteiger partial charge in [-0.05, 0) is 6.92 Å². The van der Waals surface area contributed by atoms with E-state index < -0.39 is 12.0 Å². The normalized spacial score (nSPS) is 10.5. The topological polar surface area (TPSA) is 101 Å². The molecule has 94 valence electrons. The Kier molecular flexibility index (Phi) is 8.19. The first kappa shape index (κ1) is 16.9. The molecule has 7 nitrogen and oxygen atoms in total. The Bertz CT molecular complexity index is 269. The van der Waals surface area contributed by atoms with E-state index in [4.69, 9.17) is 10.8 Å². The second-order valence-electron chi connectivity index (χ2n) is 3.13. The van der Waals surface area contributed by atoms with Crippen LogP contribution in [-0.4, -0.2) is 50.0 Å². The standard InChI is InChI=1S/C8H17N5O2.ClH/c1-5(6(14)15-4)11-7(9)12-8(10)13(2)3;/h5H,1-4H3,(H4,9,10,11,12);1H. The zero-order valence-electron chi connectivity index (χ0n) is 9.75. The molecule has 8 heteroatoms. The van der Waals surface area contributed by atoms with Crippen molar-refractivity contribution in [3.63, 3.8) is 0 Å². The van der Waals surface area contributed by atoms with Gasteiger partial charge in [0.2, 0.25) is 0 Å². The lowest BCUT2D eigenvalue weighted by atomic mass is 10.3. The van der Waals surface area contributed by atoms with Gasteiger partial charge in [-0.15, -0.1) is 12.4 Å². The molecule has 0 aromatic heterocycles. The average molecular weight is 252 g/mol. The third kappa shape index (κ3) is 6.07. The molecule has 0 heterocycles. The van der Waals surface area contributed by atoms with Gasteiger partial charge in [0.15, 0.2) is 11.9 Å². The minimum atomic E-state index is -0.620. The predicted molar refractivity (Wildman–Crippen MR) is 64.1 cm³/mol. The second-order valence-corrected chi connectivity index (χ2v) is 3.13. The number of hydrogen-bond donors (Lipinski definition) is 4. The zero-order chi connectivity index (χ0) is 12.0. The van der Waals surface area contributed by atoms with Gasteiger partial charge in [-0.3, -0.25) is 16.1 Å². The third-order valence-corrected chi connectivity index (χ3v) is 1.61. The van der Waals surface area contributed by atoms with Crippen molar-refractivity contribution in [3.05, 3.63) is 0 Å². The van der Waals surface area contributed by atoms with E-state index in [1.54, 1.807) is 21.0 Å². The van der Waals surface area contributed by atoms with Crippen LogP contribution in [0.3, 0.4) is 0 Å². The van der Waals surface area contributed by atoms with Gasteiger partial charge in [0, 0.05) is 14.1 Å². The van der Waals surface area contributed by atoms with Crippen molar-refractivity contribution in [2.45, 2.75) is 13.0 Å². The summed E-state index contributed by atoms with van der Waals surface area (Å²) in [6.45, 7) is 1.57. The van der Waals surface area contributed by atoms with Crippen LogP contribution in [0.25, 0.3) is 0 Å². The van der Waals surface area contributed by atoms with Crippen LogP contribution in [0.5, 0.6) is 0 Å². The zero-order valence-corrected chi connectivity index (χ0v) is 10.6. The quantitative estimate of drug-likeness (QED) is 0.303. The van der Waals surface area contributed by atoms with Gasteiger partial charge in [0.25, 0.3) is 0 Å². The van der Waals surface area contributed by atoms with Crippen molar-refractivity contribution >= 4 is 30.3 Å². The molecular weight excluding hydrogens is 234 g/mol. The van der Waals surface area contributed by atoms with Crippen molar-refractivity contribution in [3.8, 4) is 0 Å². The van der Waals surface area contributed by atoms with Gasteiger partial charge in [-0.25, -0.2) is 4.79 Å². The summed E-state index contributed by atoms with van der Waals surface area (Å²) in [5.41, 5.74) is 0. The summed E-state index contributed by atoms with van der Waals surface area (Å²) in [6.07, 6.45) is 0. The molecule has 0 aliphatic heterocycles. The first-order chi connectivity index (χ1) is 6.88. The van der Waals surface area contributed by atoms with Gasteiger partial charge in [-0.1, -0.05) is 0 Å². The largest absolute Gasteiger partial charge is 0.467 e. The third-order valence-electron chi connectivity index (χ3n) is 1.61. The number of methoxy groups -OCH3 is 1. The SMILES string of the molecule is COC(=O)C(C)NC(=N)NC(=N)N(C)C.Cl. The Hall–Kier alpha value is -1.50. The van der Waals surface area contributed by atoms with Crippen molar-refractivity contribution in [1.82, 2.24) is 15.5 Å². The molecule has 0 aromatic rings. The predicted octanol–water partition coefficient (Wildman–Crippen LogP) is -0.420. The van der Waals surface area contributed by atoms with Gasteiger partial charge < -0.3 is 15.0 Å². The number of halogens is 1. The molecule has 1 atom stereocenters. The van der Waals surface area contributed by atoms with E-state index in [0.717, 1.165) is 0 Å². The number of guanidine groups is 2. The molecule has 0 aliphatic carbocycles. The van der Waals surface area contributed by atoms with Crippen molar-refractivity contribution < 1.29 is 9.53 Å². The molecule has 4 N–H and O–H groups in total. The van der Waals surface area contributed by atoms with Crippen LogP contribution in [0, 0.1) is 10.8 Å². The number of carbonyl (C=O) groups excluding carboxylic acids is 1. The van der Waals surface area contributed by atoms with E-state index >= 15 is 0 Å². The highest BCUT2D eigenvalue weighted by molar-refractivity contribution is 5.97. The highest BCUT2D eigenvalue weighted by Crippen LogP contribution is 1.85. The molecule has 0 saturated carbocycles. The number of esters is 1. The Balaban J connectivity index is 0. The van der Waals surface area contributed by atoms with Gasteiger partial charge in [-0.2, -0.15) is 0 Å². The fraction of sp³-hybridized carbons (Fsp3) is 0.625. The van der Waals surface area contributed by atoms with Crippen LogP contribution >= 0.6 is 12.4 Å². The summed E-state index contributed by atoms with van der Waals surface area (Å²) >= 11 is 0. The molecule has 0 rings (SSSR count). The van der Waals surface area contributed by atoms with Crippen LogP contribution in [0.2, 0.25) is 0 Å². The molecule has 0 amide bonds. The van der Waals surface area contributed by atoms with Crippen LogP contribution in [0.1, 0.15) is 6.92 Å². The Morgan fingerprint density at radius 2 is 1.88 bits per heavy atom. The summed E-state index contributed by atoms with van der Waals surface area (Å²) in [6, 6.07) is -0.620. The van der Waals surface area contributed by atoms with Crippen LogP contribution in [0.15, 0.2) is 0 Å². The monoisotopic (exact) mass is 251 g/mol. The smallest absolute Gasteiger partial charge is 0.328 e.